The van der Waals surface area contributed by atoms with Crippen molar-refractivity contribution in [2.75, 3.05) is 14.2 Å². The number of hydrogen-bond donors (Lipinski definition) is 0. The molecular weight excluding hydrogens is 454 g/mol. The van der Waals surface area contributed by atoms with Crippen molar-refractivity contribution < 1.29 is 23.8 Å². The number of Topliss-reactive ketones (excluding diaryl/α,β-unsaturated/α-hetero) is 2. The number of benzene rings is 1. The Morgan fingerprint density at radius 2 is 1.91 bits per heavy atom. The fourth-order valence-electron chi connectivity index (χ4n) is 4.59. The predicted molar refractivity (Wildman–Crippen MR) is 118 cm³/mol. The summed E-state index contributed by atoms with van der Waals surface area (Å²) < 4.78 is 18.6. The van der Waals surface area contributed by atoms with Gasteiger partial charge in [-0.1, -0.05) is 18.5 Å². The first-order chi connectivity index (χ1) is 15.2. The highest BCUT2D eigenvalue weighted by atomic mass is 35.5. The minimum atomic E-state index is -1.76. The molecular formula is C22H20ClN3O5S. The van der Waals surface area contributed by atoms with Crippen LogP contribution >= 0.6 is 22.9 Å². The van der Waals surface area contributed by atoms with E-state index in [0.29, 0.717) is 34.1 Å². The lowest BCUT2D eigenvalue weighted by Crippen LogP contribution is -2.56. The van der Waals surface area contributed by atoms with Crippen LogP contribution < -0.4 is 14.2 Å². The smallest absolute Gasteiger partial charge is 0.237 e. The van der Waals surface area contributed by atoms with Crippen LogP contribution in [0.3, 0.4) is 0 Å². The number of carbonyl (C=O) groups excluding carboxylic acids is 2. The van der Waals surface area contributed by atoms with Crippen LogP contribution in [0.15, 0.2) is 11.4 Å². The molecule has 8 nitrogen and oxygen atoms in total. The summed E-state index contributed by atoms with van der Waals surface area (Å²) in [5, 5.41) is 7.27. The van der Waals surface area contributed by atoms with Crippen molar-refractivity contribution in [1.82, 2.24) is 14.8 Å². The zero-order chi connectivity index (χ0) is 22.9. The highest BCUT2D eigenvalue weighted by Crippen LogP contribution is 2.54. The van der Waals surface area contributed by atoms with Crippen LogP contribution in [-0.2, 0) is 13.5 Å². The molecule has 1 aliphatic heterocycles. The second kappa shape index (κ2) is 7.05. The van der Waals surface area contributed by atoms with Crippen molar-refractivity contribution in [3.05, 3.63) is 39.0 Å². The van der Waals surface area contributed by atoms with E-state index in [4.69, 9.17) is 25.8 Å². The van der Waals surface area contributed by atoms with E-state index >= 15 is 0 Å². The van der Waals surface area contributed by atoms with Gasteiger partial charge in [-0.15, -0.1) is 11.3 Å². The maximum absolute atomic E-state index is 14.1. The summed E-state index contributed by atoms with van der Waals surface area (Å²) in [6.07, 6.45) is 0.385. The van der Waals surface area contributed by atoms with Gasteiger partial charge in [0.15, 0.2) is 5.75 Å². The number of rotatable bonds is 3. The molecule has 10 heteroatoms. The fourth-order valence-corrected chi connectivity index (χ4v) is 5.73. The third-order valence-electron chi connectivity index (χ3n) is 6.12. The van der Waals surface area contributed by atoms with E-state index in [1.165, 1.54) is 31.6 Å². The molecule has 32 heavy (non-hydrogen) atoms. The molecule has 2 atom stereocenters. The Balaban J connectivity index is 1.72. The zero-order valence-electron chi connectivity index (χ0n) is 18.1. The monoisotopic (exact) mass is 473 g/mol. The van der Waals surface area contributed by atoms with E-state index in [-0.39, 0.29) is 22.1 Å². The van der Waals surface area contributed by atoms with E-state index in [2.05, 4.69) is 10.1 Å². The molecule has 0 amide bonds. The Kier molecular flexibility index (Phi) is 4.62. The Morgan fingerprint density at radius 1 is 1.22 bits per heavy atom. The van der Waals surface area contributed by atoms with Crippen LogP contribution in [0.2, 0.25) is 5.02 Å². The van der Waals surface area contributed by atoms with Gasteiger partial charge in [-0.3, -0.25) is 14.3 Å². The molecule has 0 saturated heterocycles. The lowest BCUT2D eigenvalue weighted by molar-refractivity contribution is 0.0259. The second-order valence-corrected chi connectivity index (χ2v) is 9.22. The molecule has 0 radical (unpaired) electrons. The average molecular weight is 474 g/mol. The molecule has 0 bridgehead atoms. The molecule has 2 aliphatic rings. The number of ether oxygens (including phenoxy) is 3. The van der Waals surface area contributed by atoms with Crippen LogP contribution in [0, 0.1) is 12.8 Å². The van der Waals surface area contributed by atoms with Gasteiger partial charge in [0.2, 0.25) is 17.2 Å². The molecule has 166 valence electrons. The summed E-state index contributed by atoms with van der Waals surface area (Å²) in [4.78, 5) is 32.4. The van der Waals surface area contributed by atoms with Crippen molar-refractivity contribution in [2.24, 2.45) is 13.0 Å². The maximum Gasteiger partial charge on any atom is 0.237 e. The quantitative estimate of drug-likeness (QED) is 0.532. The van der Waals surface area contributed by atoms with E-state index in [9.17, 15) is 9.59 Å². The number of ketones is 2. The molecule has 0 N–H and O–H groups in total. The lowest BCUT2D eigenvalue weighted by Gasteiger charge is -2.35. The number of nitrogens with zero attached hydrogens (tertiary/aromatic N) is 3. The van der Waals surface area contributed by atoms with Gasteiger partial charge < -0.3 is 14.2 Å². The van der Waals surface area contributed by atoms with Crippen LogP contribution in [-0.4, -0.2) is 46.2 Å². The van der Waals surface area contributed by atoms with Gasteiger partial charge in [-0.2, -0.15) is 5.10 Å². The van der Waals surface area contributed by atoms with Gasteiger partial charge >= 0.3 is 0 Å². The number of aromatic nitrogens is 3. The van der Waals surface area contributed by atoms with Crippen molar-refractivity contribution in [2.45, 2.75) is 25.9 Å². The Hall–Kier alpha value is -2.91. The van der Waals surface area contributed by atoms with Crippen molar-refractivity contribution in [3.8, 4) is 28.0 Å². The van der Waals surface area contributed by atoms with Gasteiger partial charge in [0.1, 0.15) is 32.8 Å². The molecule has 3 aromatic rings. The molecule has 3 heterocycles. The van der Waals surface area contributed by atoms with Crippen molar-refractivity contribution in [3.63, 3.8) is 0 Å². The molecule has 1 aliphatic carbocycles. The van der Waals surface area contributed by atoms with E-state index in [1.54, 1.807) is 11.7 Å². The molecule has 2 aromatic heterocycles. The summed E-state index contributed by atoms with van der Waals surface area (Å²) in [5.41, 5.74) is 0.804. The molecule has 1 spiro atoms. The summed E-state index contributed by atoms with van der Waals surface area (Å²) in [5.74, 6) is -0.746. The van der Waals surface area contributed by atoms with Crippen LogP contribution in [0.4, 0.5) is 0 Å². The second-order valence-electron chi connectivity index (χ2n) is 7.99. The third kappa shape index (κ3) is 2.55. The number of hydrogen-bond acceptors (Lipinski definition) is 8. The maximum atomic E-state index is 14.1. The Bertz CT molecular complexity index is 1310. The highest BCUT2D eigenvalue weighted by Gasteiger charge is 2.63. The standard InChI is InChI=1S/C22H20ClN3O5S/c1-9-6-11-14(17(26(3)25-11)21-24-10(2)8-32-21)19(27)22(9)20(28)15-12(29-4)7-13(30-5)16(23)18(15)31-22/h7-9H,6H2,1-5H3/t9-,22+/m1/s1. The first kappa shape index (κ1) is 21.0. The summed E-state index contributed by atoms with van der Waals surface area (Å²) in [6, 6.07) is 1.53. The fraction of sp³-hybridized carbons (Fsp3) is 0.364. The van der Waals surface area contributed by atoms with Gasteiger partial charge in [0, 0.05) is 30.1 Å². The van der Waals surface area contributed by atoms with Crippen molar-refractivity contribution in [1.29, 1.82) is 0 Å². The number of halogens is 1. The van der Waals surface area contributed by atoms with Gasteiger partial charge in [0.05, 0.1) is 25.5 Å². The zero-order valence-corrected chi connectivity index (χ0v) is 19.7. The molecule has 0 fully saturated rings. The molecule has 0 unspecified atom stereocenters. The predicted octanol–water partition coefficient (Wildman–Crippen LogP) is 3.91. The number of carbonyl (C=O) groups is 2. The van der Waals surface area contributed by atoms with E-state index < -0.39 is 23.1 Å². The van der Waals surface area contributed by atoms with Gasteiger partial charge in [-0.05, 0) is 13.3 Å². The van der Waals surface area contributed by atoms with Crippen LogP contribution in [0.5, 0.6) is 17.2 Å². The van der Waals surface area contributed by atoms with Crippen LogP contribution in [0.25, 0.3) is 10.7 Å². The lowest BCUT2D eigenvalue weighted by atomic mass is 9.71. The summed E-state index contributed by atoms with van der Waals surface area (Å²) in [6.45, 7) is 3.69. The topological polar surface area (TPSA) is 92.5 Å². The molecule has 1 aromatic carbocycles. The normalized spacial score (nSPS) is 21.5. The largest absolute Gasteiger partial charge is 0.496 e. The van der Waals surface area contributed by atoms with E-state index in [0.717, 1.165) is 5.69 Å². The minimum absolute atomic E-state index is 0.104. The van der Waals surface area contributed by atoms with Gasteiger partial charge in [-0.25, -0.2) is 4.98 Å². The minimum Gasteiger partial charge on any atom is -0.496 e. The van der Waals surface area contributed by atoms with E-state index in [1.807, 2.05) is 19.2 Å². The number of fused-ring (bicyclic) bond motifs is 2. The summed E-state index contributed by atoms with van der Waals surface area (Å²) in [7, 11) is 4.67. The Morgan fingerprint density at radius 3 is 2.53 bits per heavy atom. The first-order valence-corrected chi connectivity index (χ1v) is 11.2. The SMILES string of the molecule is COc1cc(OC)c2c(c1Cl)O[C@]1(C2=O)C(=O)c2c(nn(C)c2-c2nc(C)cs2)C[C@H]1C. The first-order valence-electron chi connectivity index (χ1n) is 9.96. The molecule has 5 rings (SSSR count). The number of methoxy groups -OCH3 is 2. The van der Waals surface area contributed by atoms with Crippen LogP contribution in [0.1, 0.15) is 39.0 Å². The van der Waals surface area contributed by atoms with Crippen molar-refractivity contribution >= 4 is 34.5 Å². The average Bonchev–Trinajstić information content (AvgIpc) is 3.42. The number of aryl methyl sites for hydroxylation is 2. The molecule has 0 saturated carbocycles. The van der Waals surface area contributed by atoms with Gasteiger partial charge in [0.25, 0.3) is 0 Å². The number of thiazole rings is 1. The Labute approximate surface area is 193 Å². The third-order valence-corrected chi connectivity index (χ3v) is 7.44. The summed E-state index contributed by atoms with van der Waals surface area (Å²) >= 11 is 7.91. The highest BCUT2D eigenvalue weighted by molar-refractivity contribution is 7.13.